The molecule has 112 valence electrons. The number of nitrogens with one attached hydrogen (secondary N) is 1. The Balaban J connectivity index is 2.12. The van der Waals surface area contributed by atoms with Crippen LogP contribution in [-0.2, 0) is 0 Å². The minimum atomic E-state index is 0.310. The van der Waals surface area contributed by atoms with Gasteiger partial charge in [-0.15, -0.1) is 0 Å². The first-order valence-corrected chi connectivity index (χ1v) is 8.31. The van der Waals surface area contributed by atoms with E-state index in [0.29, 0.717) is 6.04 Å². The third-order valence-electron chi connectivity index (χ3n) is 4.00. The molecule has 0 aliphatic heterocycles. The van der Waals surface area contributed by atoms with Crippen molar-refractivity contribution < 1.29 is 0 Å². The molecule has 1 N–H and O–H groups in total. The highest BCUT2D eigenvalue weighted by Crippen LogP contribution is 2.33. The van der Waals surface area contributed by atoms with Gasteiger partial charge in [0.2, 0.25) is 0 Å². The first-order valence-electron chi connectivity index (χ1n) is 7.93. The maximum Gasteiger partial charge on any atom is 0.0474 e. The van der Waals surface area contributed by atoms with Gasteiger partial charge in [0.1, 0.15) is 0 Å². The lowest BCUT2D eigenvalue weighted by molar-refractivity contribution is 0.598. The van der Waals surface area contributed by atoms with Gasteiger partial charge in [-0.1, -0.05) is 31.5 Å². The van der Waals surface area contributed by atoms with Gasteiger partial charge in [-0.05, 0) is 56.3 Å². The number of hydrogen-bond acceptors (Lipinski definition) is 2. The third-order valence-corrected chi connectivity index (χ3v) is 4.32. The van der Waals surface area contributed by atoms with Crippen molar-refractivity contribution in [3.8, 4) is 0 Å². The van der Waals surface area contributed by atoms with Gasteiger partial charge in [0.05, 0.1) is 0 Å². The van der Waals surface area contributed by atoms with Gasteiger partial charge in [0.15, 0.2) is 0 Å². The van der Waals surface area contributed by atoms with Gasteiger partial charge in [0, 0.05) is 29.8 Å². The Morgan fingerprint density at radius 2 is 2.10 bits per heavy atom. The van der Waals surface area contributed by atoms with Crippen molar-refractivity contribution in [1.29, 1.82) is 0 Å². The van der Waals surface area contributed by atoms with Crippen molar-refractivity contribution in [2.24, 2.45) is 5.92 Å². The molecule has 0 spiro atoms. The van der Waals surface area contributed by atoms with Crippen LogP contribution >= 0.6 is 11.6 Å². The fraction of sp³-hybridized carbons (Fsp3) is 0.647. The molecule has 0 amide bonds. The van der Waals surface area contributed by atoms with Crippen LogP contribution in [0.1, 0.15) is 51.6 Å². The van der Waals surface area contributed by atoms with Gasteiger partial charge < -0.3 is 10.2 Å². The van der Waals surface area contributed by atoms with Crippen molar-refractivity contribution in [3.63, 3.8) is 0 Å². The summed E-state index contributed by atoms with van der Waals surface area (Å²) in [5, 5.41) is 4.30. The van der Waals surface area contributed by atoms with Gasteiger partial charge in [-0.25, -0.2) is 0 Å². The molecule has 1 aliphatic carbocycles. The average molecular weight is 295 g/mol. The summed E-state index contributed by atoms with van der Waals surface area (Å²) in [5.41, 5.74) is 2.47. The van der Waals surface area contributed by atoms with Crippen LogP contribution < -0.4 is 10.2 Å². The highest BCUT2D eigenvalue weighted by atomic mass is 35.5. The lowest BCUT2D eigenvalue weighted by atomic mass is 10.1. The van der Waals surface area contributed by atoms with Crippen molar-refractivity contribution in [1.82, 2.24) is 5.32 Å². The highest BCUT2D eigenvalue weighted by molar-refractivity contribution is 6.31. The van der Waals surface area contributed by atoms with Crippen LogP contribution in [0.4, 0.5) is 5.69 Å². The van der Waals surface area contributed by atoms with Crippen molar-refractivity contribution in [3.05, 3.63) is 28.8 Å². The van der Waals surface area contributed by atoms with Crippen LogP contribution in [0, 0.1) is 5.92 Å². The molecule has 0 radical (unpaired) electrons. The van der Waals surface area contributed by atoms with E-state index < -0.39 is 0 Å². The molecule has 20 heavy (non-hydrogen) atoms. The third kappa shape index (κ3) is 4.13. The van der Waals surface area contributed by atoms with Crippen molar-refractivity contribution in [2.45, 2.75) is 46.1 Å². The fourth-order valence-electron chi connectivity index (χ4n) is 2.69. The molecule has 1 aromatic rings. The topological polar surface area (TPSA) is 15.3 Å². The van der Waals surface area contributed by atoms with Crippen LogP contribution in [-0.4, -0.2) is 19.6 Å². The molecule has 1 unspecified atom stereocenters. The summed E-state index contributed by atoms with van der Waals surface area (Å²) in [6.45, 7) is 9.79. The second-order valence-electron chi connectivity index (χ2n) is 5.87. The van der Waals surface area contributed by atoms with Crippen LogP contribution in [0.3, 0.4) is 0 Å². The van der Waals surface area contributed by atoms with E-state index >= 15 is 0 Å². The minimum Gasteiger partial charge on any atom is -0.371 e. The number of nitrogens with zero attached hydrogens (tertiary/aromatic N) is 1. The largest absolute Gasteiger partial charge is 0.371 e. The van der Waals surface area contributed by atoms with Crippen molar-refractivity contribution in [2.75, 3.05) is 24.5 Å². The number of halogens is 1. The molecule has 1 aliphatic rings. The normalized spacial score (nSPS) is 16.2. The molecule has 2 rings (SSSR count). The van der Waals surface area contributed by atoms with Crippen LogP contribution in [0.2, 0.25) is 5.02 Å². The van der Waals surface area contributed by atoms with E-state index in [4.69, 9.17) is 11.6 Å². The predicted octanol–water partition coefficient (Wildman–Crippen LogP) is 4.64. The summed E-state index contributed by atoms with van der Waals surface area (Å²) >= 11 is 6.49. The quantitative estimate of drug-likeness (QED) is 0.751. The number of anilines is 1. The Morgan fingerprint density at radius 3 is 2.65 bits per heavy atom. The van der Waals surface area contributed by atoms with Crippen LogP contribution in [0.25, 0.3) is 0 Å². The molecule has 1 fully saturated rings. The summed E-state index contributed by atoms with van der Waals surface area (Å²) in [7, 11) is 0. The second-order valence-corrected chi connectivity index (χ2v) is 6.28. The molecule has 0 aromatic heterocycles. The van der Waals surface area contributed by atoms with Crippen LogP contribution in [0.5, 0.6) is 0 Å². The molecule has 1 atom stereocenters. The van der Waals surface area contributed by atoms with Gasteiger partial charge in [0.25, 0.3) is 0 Å². The molecular formula is C17H27ClN2. The van der Waals surface area contributed by atoms with E-state index in [9.17, 15) is 0 Å². The van der Waals surface area contributed by atoms with Gasteiger partial charge in [-0.2, -0.15) is 0 Å². The van der Waals surface area contributed by atoms with E-state index in [0.717, 1.165) is 24.0 Å². The monoisotopic (exact) mass is 294 g/mol. The smallest absolute Gasteiger partial charge is 0.0474 e. The lowest BCUT2D eigenvalue weighted by Gasteiger charge is -2.25. The van der Waals surface area contributed by atoms with E-state index in [1.165, 1.54) is 37.1 Å². The maximum atomic E-state index is 6.49. The second kappa shape index (κ2) is 7.33. The van der Waals surface area contributed by atoms with Crippen LogP contribution in [0.15, 0.2) is 18.2 Å². The highest BCUT2D eigenvalue weighted by Gasteiger charge is 2.24. The molecule has 1 saturated carbocycles. The van der Waals surface area contributed by atoms with E-state index in [2.05, 4.69) is 49.2 Å². The molecule has 2 nitrogen and oxygen atoms in total. The predicted molar refractivity (Wildman–Crippen MR) is 88.8 cm³/mol. The summed E-state index contributed by atoms with van der Waals surface area (Å²) in [6.07, 6.45) is 3.97. The standard InChI is InChI=1S/C17H27ClN2/c1-4-10-20(12-14-6-7-14)15-8-9-16(17(18)11-15)13(3)19-5-2/h8-9,11,13-14,19H,4-7,10,12H2,1-3H3. The minimum absolute atomic E-state index is 0.310. The molecule has 3 heteroatoms. The Bertz CT molecular complexity index is 429. The summed E-state index contributed by atoms with van der Waals surface area (Å²) in [5.74, 6) is 0.903. The SMILES string of the molecule is CCCN(CC1CC1)c1ccc(C(C)NCC)c(Cl)c1. The first kappa shape index (κ1) is 15.7. The lowest BCUT2D eigenvalue weighted by Crippen LogP contribution is -2.26. The molecular weight excluding hydrogens is 268 g/mol. The Morgan fingerprint density at radius 1 is 1.35 bits per heavy atom. The molecule has 0 heterocycles. The average Bonchev–Trinajstić information content (AvgIpc) is 3.22. The number of rotatable bonds is 8. The summed E-state index contributed by atoms with van der Waals surface area (Å²) in [6, 6.07) is 6.86. The number of benzene rings is 1. The summed E-state index contributed by atoms with van der Waals surface area (Å²) in [4.78, 5) is 2.49. The molecule has 1 aromatic carbocycles. The zero-order valence-electron chi connectivity index (χ0n) is 13.0. The van der Waals surface area contributed by atoms with Gasteiger partial charge >= 0.3 is 0 Å². The fourth-order valence-corrected chi connectivity index (χ4v) is 3.03. The van der Waals surface area contributed by atoms with Crippen molar-refractivity contribution >= 4 is 17.3 Å². The molecule has 0 bridgehead atoms. The van der Waals surface area contributed by atoms with Gasteiger partial charge in [-0.3, -0.25) is 0 Å². The Labute approximate surface area is 128 Å². The van der Waals surface area contributed by atoms with E-state index in [1.807, 2.05) is 0 Å². The zero-order chi connectivity index (χ0) is 14.5. The van der Waals surface area contributed by atoms with E-state index in [-0.39, 0.29) is 0 Å². The first-order chi connectivity index (χ1) is 9.65. The molecule has 0 saturated heterocycles. The number of hydrogen-bond donors (Lipinski definition) is 1. The van der Waals surface area contributed by atoms with E-state index in [1.54, 1.807) is 0 Å². The summed E-state index contributed by atoms with van der Waals surface area (Å²) < 4.78 is 0. The Hall–Kier alpha value is -0.730. The Kier molecular flexibility index (Phi) is 5.74. The maximum absolute atomic E-state index is 6.49. The zero-order valence-corrected chi connectivity index (χ0v) is 13.7.